The lowest BCUT2D eigenvalue weighted by atomic mass is 10.0. The zero-order valence-electron chi connectivity index (χ0n) is 14.7. The molecule has 1 fully saturated rings. The van der Waals surface area contributed by atoms with Gasteiger partial charge in [0.05, 0.1) is 15.9 Å². The minimum atomic E-state index is -3.82. The minimum Gasteiger partial charge on any atom is -0.258 e. The molecule has 0 aromatic heterocycles. The van der Waals surface area contributed by atoms with Crippen LogP contribution in [0.25, 0.3) is 0 Å². The third-order valence-corrected chi connectivity index (χ3v) is 6.67. The van der Waals surface area contributed by atoms with Crippen molar-refractivity contribution in [1.29, 1.82) is 0 Å². The van der Waals surface area contributed by atoms with E-state index >= 15 is 0 Å². The summed E-state index contributed by atoms with van der Waals surface area (Å²) < 4.78 is 28.1. The number of nitrogens with zero attached hydrogens (tertiary/aromatic N) is 2. The van der Waals surface area contributed by atoms with E-state index in [0.717, 1.165) is 42.9 Å². The molecule has 0 spiro atoms. The first-order valence-corrected chi connectivity index (χ1v) is 10.2. The molecule has 0 N–H and O–H groups in total. The lowest BCUT2D eigenvalue weighted by molar-refractivity contribution is -0.385. The number of benzene rings is 2. The van der Waals surface area contributed by atoms with E-state index in [4.69, 9.17) is 0 Å². The molecular formula is C19H22N2O4S. The Hall–Kier alpha value is -2.25. The second-order valence-electron chi connectivity index (χ2n) is 6.65. The van der Waals surface area contributed by atoms with Crippen molar-refractivity contribution in [3.8, 4) is 0 Å². The van der Waals surface area contributed by atoms with E-state index in [1.165, 1.54) is 22.5 Å². The van der Waals surface area contributed by atoms with Gasteiger partial charge in [-0.15, -0.1) is 0 Å². The van der Waals surface area contributed by atoms with Crippen LogP contribution < -0.4 is 0 Å². The fourth-order valence-corrected chi connectivity index (χ4v) is 5.20. The highest BCUT2D eigenvalue weighted by molar-refractivity contribution is 7.89. The molecule has 0 unspecified atom stereocenters. The Morgan fingerprint density at radius 2 is 1.85 bits per heavy atom. The first-order valence-electron chi connectivity index (χ1n) is 8.72. The van der Waals surface area contributed by atoms with Crippen molar-refractivity contribution in [2.24, 2.45) is 0 Å². The summed E-state index contributed by atoms with van der Waals surface area (Å²) >= 11 is 0. The highest BCUT2D eigenvalue weighted by Crippen LogP contribution is 2.35. The molecule has 3 rings (SSSR count). The number of hydrogen-bond acceptors (Lipinski definition) is 4. The Morgan fingerprint density at radius 3 is 2.58 bits per heavy atom. The van der Waals surface area contributed by atoms with Crippen LogP contribution in [0.3, 0.4) is 0 Å². The molecule has 0 amide bonds. The van der Waals surface area contributed by atoms with E-state index in [0.29, 0.717) is 6.54 Å². The topological polar surface area (TPSA) is 80.5 Å². The van der Waals surface area contributed by atoms with Gasteiger partial charge in [-0.05, 0) is 31.4 Å². The number of rotatable bonds is 4. The van der Waals surface area contributed by atoms with Gasteiger partial charge in [-0.2, -0.15) is 4.31 Å². The largest absolute Gasteiger partial charge is 0.270 e. The van der Waals surface area contributed by atoms with E-state index in [1.807, 2.05) is 31.2 Å². The van der Waals surface area contributed by atoms with Gasteiger partial charge in [0.1, 0.15) is 0 Å². The Bertz CT molecular complexity index is 911. The molecule has 1 aliphatic rings. The molecule has 0 aliphatic carbocycles. The molecule has 0 bridgehead atoms. The second-order valence-corrected chi connectivity index (χ2v) is 8.54. The number of nitro benzene ring substituents is 1. The summed E-state index contributed by atoms with van der Waals surface area (Å²) in [5.74, 6) is 0. The number of aryl methyl sites for hydroxylation is 1. The van der Waals surface area contributed by atoms with Crippen molar-refractivity contribution >= 4 is 15.7 Å². The second kappa shape index (κ2) is 7.55. The van der Waals surface area contributed by atoms with Crippen molar-refractivity contribution in [3.63, 3.8) is 0 Å². The predicted octanol–water partition coefficient (Wildman–Crippen LogP) is 4.21. The van der Waals surface area contributed by atoms with Gasteiger partial charge in [0.2, 0.25) is 10.0 Å². The maximum Gasteiger partial charge on any atom is 0.270 e. The van der Waals surface area contributed by atoms with Crippen molar-refractivity contribution < 1.29 is 13.3 Å². The molecule has 1 saturated heterocycles. The molecule has 1 atom stereocenters. The normalized spacial score (nSPS) is 19.0. The van der Waals surface area contributed by atoms with E-state index in [9.17, 15) is 18.5 Å². The average Bonchev–Trinajstić information content (AvgIpc) is 2.88. The van der Waals surface area contributed by atoms with Crippen LogP contribution in [0.15, 0.2) is 53.4 Å². The molecule has 138 valence electrons. The summed E-state index contributed by atoms with van der Waals surface area (Å²) in [5, 5.41) is 11.0. The van der Waals surface area contributed by atoms with Crippen LogP contribution in [0.5, 0.6) is 0 Å². The maximum absolute atomic E-state index is 13.3. The molecule has 2 aromatic rings. The highest BCUT2D eigenvalue weighted by atomic mass is 32.2. The molecule has 1 aliphatic heterocycles. The number of sulfonamides is 1. The van der Waals surface area contributed by atoms with E-state index in [-0.39, 0.29) is 16.6 Å². The van der Waals surface area contributed by atoms with Crippen molar-refractivity contribution in [3.05, 3.63) is 69.8 Å². The Labute approximate surface area is 153 Å². The Morgan fingerprint density at radius 1 is 1.08 bits per heavy atom. The standard InChI is InChI=1S/C19H22N2O4S/c1-15-7-5-8-16(13-15)19-11-3-2-4-12-20(19)26(24,25)18-10-6-9-17(14-18)21(22)23/h5-10,13-14,19H,2-4,11-12H2,1H3/t19-/m1/s1. The van der Waals surface area contributed by atoms with Gasteiger partial charge in [0, 0.05) is 18.7 Å². The molecule has 1 heterocycles. The minimum absolute atomic E-state index is 0.0220. The van der Waals surface area contributed by atoms with Gasteiger partial charge in [-0.3, -0.25) is 10.1 Å². The van der Waals surface area contributed by atoms with Gasteiger partial charge in [-0.1, -0.05) is 48.7 Å². The highest BCUT2D eigenvalue weighted by Gasteiger charge is 2.34. The van der Waals surface area contributed by atoms with Crippen LogP contribution >= 0.6 is 0 Å². The summed E-state index contributed by atoms with van der Waals surface area (Å²) in [7, 11) is -3.82. The lowest BCUT2D eigenvalue weighted by Crippen LogP contribution is -2.34. The third-order valence-electron chi connectivity index (χ3n) is 4.77. The smallest absolute Gasteiger partial charge is 0.258 e. The maximum atomic E-state index is 13.3. The molecule has 26 heavy (non-hydrogen) atoms. The van der Waals surface area contributed by atoms with Gasteiger partial charge in [0.15, 0.2) is 0 Å². The predicted molar refractivity (Wildman–Crippen MR) is 99.4 cm³/mol. The fraction of sp³-hybridized carbons (Fsp3) is 0.368. The fourth-order valence-electron chi connectivity index (χ4n) is 3.47. The SMILES string of the molecule is Cc1cccc([C@H]2CCCCCN2S(=O)(=O)c2cccc([N+](=O)[O-])c2)c1. The third kappa shape index (κ3) is 3.78. The number of hydrogen-bond donors (Lipinski definition) is 0. The van der Waals surface area contributed by atoms with Crippen molar-refractivity contribution in [1.82, 2.24) is 4.31 Å². The van der Waals surface area contributed by atoms with E-state index in [2.05, 4.69) is 0 Å². The zero-order chi connectivity index (χ0) is 18.7. The van der Waals surface area contributed by atoms with Crippen LogP contribution in [-0.4, -0.2) is 24.2 Å². The van der Waals surface area contributed by atoms with Crippen LogP contribution in [-0.2, 0) is 10.0 Å². The van der Waals surface area contributed by atoms with Crippen LogP contribution in [0.1, 0.15) is 42.9 Å². The molecule has 6 nitrogen and oxygen atoms in total. The summed E-state index contributed by atoms with van der Waals surface area (Å²) in [5.41, 5.74) is 1.84. The summed E-state index contributed by atoms with van der Waals surface area (Å²) in [6, 6.07) is 13.0. The first kappa shape index (κ1) is 18.5. The zero-order valence-corrected chi connectivity index (χ0v) is 15.5. The monoisotopic (exact) mass is 374 g/mol. The van der Waals surface area contributed by atoms with Gasteiger partial charge in [-0.25, -0.2) is 8.42 Å². The lowest BCUT2D eigenvalue weighted by Gasteiger charge is -2.29. The number of non-ortho nitro benzene ring substituents is 1. The van der Waals surface area contributed by atoms with Crippen LogP contribution in [0.2, 0.25) is 0 Å². The first-order chi connectivity index (χ1) is 12.4. The molecular weight excluding hydrogens is 352 g/mol. The molecule has 0 radical (unpaired) electrons. The van der Waals surface area contributed by atoms with Crippen LogP contribution in [0.4, 0.5) is 5.69 Å². The van der Waals surface area contributed by atoms with Gasteiger partial charge in [0.25, 0.3) is 5.69 Å². The number of nitro groups is 1. The summed E-state index contributed by atoms with van der Waals surface area (Å²) in [6.45, 7) is 2.41. The van der Waals surface area contributed by atoms with Crippen molar-refractivity contribution in [2.75, 3.05) is 6.54 Å². The molecule has 0 saturated carbocycles. The summed E-state index contributed by atoms with van der Waals surface area (Å²) in [4.78, 5) is 10.4. The molecule has 7 heteroatoms. The summed E-state index contributed by atoms with van der Waals surface area (Å²) in [6.07, 6.45) is 3.47. The Balaban J connectivity index is 2.04. The van der Waals surface area contributed by atoms with Gasteiger partial charge >= 0.3 is 0 Å². The average molecular weight is 374 g/mol. The van der Waals surface area contributed by atoms with Crippen LogP contribution in [0, 0.1) is 17.0 Å². The quantitative estimate of drug-likeness (QED) is 0.593. The van der Waals surface area contributed by atoms with E-state index < -0.39 is 14.9 Å². The van der Waals surface area contributed by atoms with Gasteiger partial charge < -0.3 is 0 Å². The van der Waals surface area contributed by atoms with Crippen molar-refractivity contribution in [2.45, 2.75) is 43.5 Å². The van der Waals surface area contributed by atoms with E-state index in [1.54, 1.807) is 0 Å². The Kier molecular flexibility index (Phi) is 5.38. The molecule has 2 aromatic carbocycles.